The van der Waals surface area contributed by atoms with Crippen molar-refractivity contribution >= 4 is 22.9 Å². The fourth-order valence-corrected chi connectivity index (χ4v) is 3.98. The molecule has 2 heterocycles. The second-order valence-corrected chi connectivity index (χ2v) is 7.63. The van der Waals surface area contributed by atoms with Crippen LogP contribution in [0, 0.1) is 0 Å². The third-order valence-electron chi connectivity index (χ3n) is 5.59. The van der Waals surface area contributed by atoms with Gasteiger partial charge in [-0.25, -0.2) is 4.79 Å². The average Bonchev–Trinajstić information content (AvgIpc) is 3.36. The SMILES string of the molecule is O=C1NC(=O)C(Cc2ccc(OCCn3ncc4ccccc43)cc2)(c2ccccc2)O1. The first-order valence-electron chi connectivity index (χ1n) is 10.4. The van der Waals surface area contributed by atoms with Gasteiger partial charge < -0.3 is 9.47 Å². The van der Waals surface area contributed by atoms with Gasteiger partial charge in [0, 0.05) is 17.4 Å². The molecule has 1 aromatic heterocycles. The minimum atomic E-state index is -1.37. The van der Waals surface area contributed by atoms with E-state index in [9.17, 15) is 9.59 Å². The molecule has 1 saturated heterocycles. The zero-order valence-corrected chi connectivity index (χ0v) is 17.2. The number of carbonyl (C=O) groups is 2. The van der Waals surface area contributed by atoms with Crippen molar-refractivity contribution in [3.05, 3.63) is 96.2 Å². The standard InChI is InChI=1S/C25H21N3O4/c29-23-25(32-24(30)27-23,20-7-2-1-3-8-20)16-18-10-12-21(13-11-18)31-15-14-28-22-9-5-4-6-19(22)17-26-28/h1-13,17H,14-16H2,(H,27,29,30). The fourth-order valence-electron chi connectivity index (χ4n) is 3.98. The van der Waals surface area contributed by atoms with E-state index in [4.69, 9.17) is 9.47 Å². The number of nitrogens with one attached hydrogen (secondary N) is 1. The van der Waals surface area contributed by atoms with Gasteiger partial charge in [0.1, 0.15) is 12.4 Å². The van der Waals surface area contributed by atoms with Gasteiger partial charge in [0.2, 0.25) is 5.60 Å². The Labute approximate surface area is 184 Å². The summed E-state index contributed by atoms with van der Waals surface area (Å²) in [4.78, 5) is 24.4. The Morgan fingerprint density at radius 1 is 0.938 bits per heavy atom. The molecular formula is C25H21N3O4. The van der Waals surface area contributed by atoms with Crippen LogP contribution in [0.3, 0.4) is 0 Å². The molecular weight excluding hydrogens is 406 g/mol. The van der Waals surface area contributed by atoms with Crippen molar-refractivity contribution in [1.29, 1.82) is 0 Å². The average molecular weight is 427 g/mol. The number of aromatic nitrogens is 2. The summed E-state index contributed by atoms with van der Waals surface area (Å²) >= 11 is 0. The van der Waals surface area contributed by atoms with Crippen molar-refractivity contribution in [3.63, 3.8) is 0 Å². The van der Waals surface area contributed by atoms with Crippen molar-refractivity contribution in [2.45, 2.75) is 18.6 Å². The number of nitrogens with zero attached hydrogens (tertiary/aromatic N) is 2. The smallest absolute Gasteiger partial charge is 0.415 e. The van der Waals surface area contributed by atoms with Crippen molar-refractivity contribution in [2.24, 2.45) is 0 Å². The van der Waals surface area contributed by atoms with Crippen LogP contribution >= 0.6 is 0 Å². The number of amides is 2. The molecule has 1 aliphatic heterocycles. The number of para-hydroxylation sites is 1. The molecule has 0 aliphatic carbocycles. The molecule has 0 spiro atoms. The molecule has 32 heavy (non-hydrogen) atoms. The van der Waals surface area contributed by atoms with E-state index in [1.165, 1.54) is 0 Å². The van der Waals surface area contributed by atoms with Crippen LogP contribution in [0.5, 0.6) is 5.75 Å². The van der Waals surface area contributed by atoms with Gasteiger partial charge in [0.25, 0.3) is 5.91 Å². The van der Waals surface area contributed by atoms with Crippen LogP contribution in [0.4, 0.5) is 4.79 Å². The first-order chi connectivity index (χ1) is 15.6. The van der Waals surface area contributed by atoms with Crippen LogP contribution < -0.4 is 10.1 Å². The van der Waals surface area contributed by atoms with Gasteiger partial charge in [-0.05, 0) is 23.8 Å². The molecule has 0 saturated carbocycles. The van der Waals surface area contributed by atoms with Gasteiger partial charge in [-0.2, -0.15) is 5.10 Å². The third-order valence-corrected chi connectivity index (χ3v) is 5.59. The highest BCUT2D eigenvalue weighted by Gasteiger charge is 2.50. The predicted octanol–water partition coefficient (Wildman–Crippen LogP) is 3.82. The number of hydrogen-bond acceptors (Lipinski definition) is 5. The minimum absolute atomic E-state index is 0.230. The Balaban J connectivity index is 1.27. The number of alkyl carbamates (subject to hydrolysis) is 1. The zero-order chi connectivity index (χ0) is 22.0. The first-order valence-corrected chi connectivity index (χ1v) is 10.4. The summed E-state index contributed by atoms with van der Waals surface area (Å²) in [7, 11) is 0. The van der Waals surface area contributed by atoms with Crippen LogP contribution in [-0.4, -0.2) is 28.4 Å². The summed E-state index contributed by atoms with van der Waals surface area (Å²) < 4.78 is 13.3. The lowest BCUT2D eigenvalue weighted by molar-refractivity contribution is -0.132. The number of ether oxygens (including phenoxy) is 2. The van der Waals surface area contributed by atoms with Gasteiger partial charge in [0.15, 0.2) is 0 Å². The van der Waals surface area contributed by atoms with Crippen LogP contribution in [0.2, 0.25) is 0 Å². The molecule has 1 N–H and O–H groups in total. The van der Waals surface area contributed by atoms with Crippen LogP contribution in [0.1, 0.15) is 11.1 Å². The number of cyclic esters (lactones) is 1. The quantitative estimate of drug-likeness (QED) is 0.485. The maximum atomic E-state index is 12.6. The Morgan fingerprint density at radius 3 is 2.44 bits per heavy atom. The van der Waals surface area contributed by atoms with E-state index in [1.54, 1.807) is 12.1 Å². The highest BCUT2D eigenvalue weighted by atomic mass is 16.6. The summed E-state index contributed by atoms with van der Waals surface area (Å²) in [6.07, 6.45) is 1.34. The monoisotopic (exact) mass is 427 g/mol. The van der Waals surface area contributed by atoms with E-state index in [2.05, 4.69) is 10.4 Å². The number of imide groups is 1. The number of benzene rings is 3. The zero-order valence-electron chi connectivity index (χ0n) is 17.2. The lowest BCUT2D eigenvalue weighted by atomic mass is 9.86. The number of rotatable bonds is 7. The second-order valence-electron chi connectivity index (χ2n) is 7.63. The van der Waals surface area contributed by atoms with E-state index >= 15 is 0 Å². The van der Waals surface area contributed by atoms with E-state index < -0.39 is 17.6 Å². The van der Waals surface area contributed by atoms with Gasteiger partial charge in [0.05, 0.1) is 18.3 Å². The van der Waals surface area contributed by atoms with Gasteiger partial charge in [-0.15, -0.1) is 0 Å². The molecule has 1 aliphatic rings. The van der Waals surface area contributed by atoms with Crippen LogP contribution in [0.25, 0.3) is 10.9 Å². The maximum absolute atomic E-state index is 12.6. The van der Waals surface area contributed by atoms with Crippen LogP contribution in [-0.2, 0) is 28.1 Å². The Kier molecular flexibility index (Phi) is 5.07. The van der Waals surface area contributed by atoms with Crippen molar-refractivity contribution in [1.82, 2.24) is 15.1 Å². The van der Waals surface area contributed by atoms with E-state index in [-0.39, 0.29) is 6.42 Å². The molecule has 2 amide bonds. The van der Waals surface area contributed by atoms with E-state index in [0.717, 1.165) is 16.5 Å². The van der Waals surface area contributed by atoms with Gasteiger partial charge in [-0.3, -0.25) is 14.8 Å². The first kappa shape index (κ1) is 19.8. The normalized spacial score (nSPS) is 17.9. The Bertz CT molecular complexity index is 1270. The van der Waals surface area contributed by atoms with Crippen molar-refractivity contribution in [2.75, 3.05) is 6.61 Å². The molecule has 1 unspecified atom stereocenters. The van der Waals surface area contributed by atoms with Gasteiger partial charge >= 0.3 is 6.09 Å². The summed E-state index contributed by atoms with van der Waals surface area (Å²) in [6.45, 7) is 1.10. The number of carbonyl (C=O) groups excluding carboxylic acids is 2. The molecule has 7 nitrogen and oxygen atoms in total. The Hall–Kier alpha value is -4.13. The van der Waals surface area contributed by atoms with Crippen molar-refractivity contribution in [3.8, 4) is 5.75 Å². The number of fused-ring (bicyclic) bond motifs is 1. The summed E-state index contributed by atoms with van der Waals surface area (Å²) in [6, 6.07) is 24.6. The predicted molar refractivity (Wildman–Crippen MR) is 118 cm³/mol. The molecule has 4 aromatic rings. The third kappa shape index (κ3) is 3.69. The van der Waals surface area contributed by atoms with Crippen molar-refractivity contribution < 1.29 is 19.1 Å². The van der Waals surface area contributed by atoms with E-state index in [0.29, 0.717) is 24.5 Å². The van der Waals surface area contributed by atoms with Crippen LogP contribution in [0.15, 0.2) is 85.1 Å². The maximum Gasteiger partial charge on any atom is 0.415 e. The van der Waals surface area contributed by atoms with E-state index in [1.807, 2.05) is 77.6 Å². The fraction of sp³-hybridized carbons (Fsp3) is 0.160. The lowest BCUT2D eigenvalue weighted by Gasteiger charge is -2.25. The topological polar surface area (TPSA) is 82.5 Å². The number of hydrogen-bond donors (Lipinski definition) is 1. The molecule has 5 rings (SSSR count). The minimum Gasteiger partial charge on any atom is -0.492 e. The molecule has 160 valence electrons. The molecule has 7 heteroatoms. The summed E-state index contributed by atoms with van der Waals surface area (Å²) in [5.41, 5.74) is 1.18. The Morgan fingerprint density at radius 2 is 1.69 bits per heavy atom. The molecule has 1 atom stereocenters. The lowest BCUT2D eigenvalue weighted by Crippen LogP contribution is -2.38. The largest absolute Gasteiger partial charge is 0.492 e. The second kappa shape index (κ2) is 8.19. The summed E-state index contributed by atoms with van der Waals surface area (Å²) in [5.74, 6) is 0.257. The highest BCUT2D eigenvalue weighted by molar-refractivity contribution is 6.03. The molecule has 1 fully saturated rings. The molecule has 0 bridgehead atoms. The molecule has 0 radical (unpaired) electrons. The summed E-state index contributed by atoms with van der Waals surface area (Å²) in [5, 5.41) is 7.76. The highest BCUT2D eigenvalue weighted by Crippen LogP contribution is 2.34. The van der Waals surface area contributed by atoms with Gasteiger partial charge in [-0.1, -0.05) is 60.7 Å². The molecule has 3 aromatic carbocycles.